The van der Waals surface area contributed by atoms with Crippen molar-refractivity contribution in [2.75, 3.05) is 5.32 Å². The summed E-state index contributed by atoms with van der Waals surface area (Å²) in [6.07, 6.45) is -0.989. The molecular weight excluding hydrogens is 331 g/mol. The Bertz CT molecular complexity index is 762. The monoisotopic (exact) mass is 348 g/mol. The molecule has 0 aromatic heterocycles. The molecule has 8 heteroatoms. The van der Waals surface area contributed by atoms with Gasteiger partial charge in [0, 0.05) is 23.9 Å². The second-order valence-electron chi connectivity index (χ2n) is 5.54. The first-order chi connectivity index (χ1) is 11.8. The van der Waals surface area contributed by atoms with Gasteiger partial charge in [0.05, 0.1) is 4.92 Å². The maximum Gasteiger partial charge on any atom is 0.514 e. The quantitative estimate of drug-likeness (QED) is 0.363. The molecule has 1 N–H and O–H groups in total. The normalized spacial score (nSPS) is 10.4. The molecule has 0 aliphatic rings. The molecule has 2 rings (SSSR count). The molecule has 0 heterocycles. The van der Waals surface area contributed by atoms with E-state index in [2.05, 4.69) is 5.32 Å². The molecular formula is C17H17FN2O5. The van der Waals surface area contributed by atoms with Gasteiger partial charge >= 0.3 is 6.16 Å². The van der Waals surface area contributed by atoms with Crippen molar-refractivity contribution in [3.63, 3.8) is 0 Å². The first-order valence-corrected chi connectivity index (χ1v) is 7.48. The lowest BCUT2D eigenvalue weighted by molar-refractivity contribution is -0.384. The Kier molecular flexibility index (Phi) is 5.89. The molecule has 2 aromatic rings. The van der Waals surface area contributed by atoms with Gasteiger partial charge in [-0.25, -0.2) is 9.18 Å². The standard InChI is InChI=1S/C17H17FN2O5/c1-11(2)19-14-8-12(7-13(18)9-14)10-24-17(21)25-16-5-3-15(4-6-16)20(22)23/h3-9,11,19H,10H2,1-2H3. The van der Waals surface area contributed by atoms with Crippen LogP contribution in [0.15, 0.2) is 42.5 Å². The molecule has 0 aliphatic heterocycles. The smallest absolute Gasteiger partial charge is 0.429 e. The number of rotatable bonds is 6. The number of carbonyl (C=O) groups excluding carboxylic acids is 1. The van der Waals surface area contributed by atoms with Crippen LogP contribution in [0, 0.1) is 15.9 Å². The fourth-order valence-corrected chi connectivity index (χ4v) is 2.05. The minimum atomic E-state index is -0.989. The second kappa shape index (κ2) is 8.09. The largest absolute Gasteiger partial charge is 0.514 e. The third-order valence-corrected chi connectivity index (χ3v) is 3.02. The number of hydrogen-bond donors (Lipinski definition) is 1. The molecule has 25 heavy (non-hydrogen) atoms. The number of ether oxygens (including phenoxy) is 2. The first-order valence-electron chi connectivity index (χ1n) is 7.48. The number of benzene rings is 2. The summed E-state index contributed by atoms with van der Waals surface area (Å²) in [5.74, 6) is -0.343. The Morgan fingerprint density at radius 2 is 1.92 bits per heavy atom. The molecule has 0 amide bonds. The van der Waals surface area contributed by atoms with Gasteiger partial charge < -0.3 is 14.8 Å². The maximum absolute atomic E-state index is 13.6. The summed E-state index contributed by atoms with van der Waals surface area (Å²) in [5.41, 5.74) is 0.923. The predicted octanol–water partition coefficient (Wildman–Crippen LogP) is 4.27. The number of halogens is 1. The Morgan fingerprint density at radius 3 is 2.52 bits per heavy atom. The van der Waals surface area contributed by atoms with Crippen LogP contribution in [0.4, 0.5) is 20.6 Å². The van der Waals surface area contributed by atoms with Crippen molar-refractivity contribution in [3.05, 3.63) is 64.0 Å². The molecule has 0 spiro atoms. The minimum Gasteiger partial charge on any atom is -0.429 e. The highest BCUT2D eigenvalue weighted by Crippen LogP contribution is 2.19. The van der Waals surface area contributed by atoms with Crippen LogP contribution in [-0.4, -0.2) is 17.1 Å². The molecule has 0 saturated carbocycles. The lowest BCUT2D eigenvalue weighted by Gasteiger charge is -2.12. The van der Waals surface area contributed by atoms with E-state index in [1.807, 2.05) is 13.8 Å². The van der Waals surface area contributed by atoms with Crippen molar-refractivity contribution in [1.82, 2.24) is 0 Å². The Hall–Kier alpha value is -3.16. The minimum absolute atomic E-state index is 0.108. The van der Waals surface area contributed by atoms with Crippen LogP contribution < -0.4 is 10.1 Å². The molecule has 0 saturated heterocycles. The van der Waals surface area contributed by atoms with Gasteiger partial charge in [-0.3, -0.25) is 10.1 Å². The molecule has 0 fully saturated rings. The van der Waals surface area contributed by atoms with Crippen molar-refractivity contribution in [3.8, 4) is 5.75 Å². The molecule has 0 unspecified atom stereocenters. The van der Waals surface area contributed by atoms with Crippen LogP contribution in [0.2, 0.25) is 0 Å². The van der Waals surface area contributed by atoms with Crippen molar-refractivity contribution in [2.45, 2.75) is 26.5 Å². The second-order valence-corrected chi connectivity index (χ2v) is 5.54. The fraction of sp³-hybridized carbons (Fsp3) is 0.235. The lowest BCUT2D eigenvalue weighted by atomic mass is 10.2. The van der Waals surface area contributed by atoms with Gasteiger partial charge in [0.2, 0.25) is 0 Å². The van der Waals surface area contributed by atoms with Gasteiger partial charge in [-0.1, -0.05) is 0 Å². The summed E-state index contributed by atoms with van der Waals surface area (Å²) in [4.78, 5) is 21.7. The third kappa shape index (κ3) is 5.76. The fourth-order valence-electron chi connectivity index (χ4n) is 2.05. The van der Waals surface area contributed by atoms with Crippen LogP contribution in [-0.2, 0) is 11.3 Å². The van der Waals surface area contributed by atoms with E-state index >= 15 is 0 Å². The van der Waals surface area contributed by atoms with E-state index in [1.54, 1.807) is 6.07 Å². The zero-order valence-corrected chi connectivity index (χ0v) is 13.7. The highest BCUT2D eigenvalue weighted by molar-refractivity contribution is 5.64. The Morgan fingerprint density at radius 1 is 1.24 bits per heavy atom. The Balaban J connectivity index is 1.93. The number of nitro benzene ring substituents is 1. The summed E-state index contributed by atoms with van der Waals surface area (Å²) < 4.78 is 23.4. The SMILES string of the molecule is CC(C)Nc1cc(F)cc(COC(=O)Oc2ccc([N+](=O)[O-])cc2)c1. The van der Waals surface area contributed by atoms with Crippen LogP contribution >= 0.6 is 0 Å². The average molecular weight is 348 g/mol. The number of non-ortho nitro benzene ring substituents is 1. The average Bonchev–Trinajstić information content (AvgIpc) is 2.52. The molecule has 0 aliphatic carbocycles. The number of anilines is 1. The van der Waals surface area contributed by atoms with E-state index in [1.165, 1.54) is 36.4 Å². The third-order valence-electron chi connectivity index (χ3n) is 3.02. The van der Waals surface area contributed by atoms with Crippen molar-refractivity contribution < 1.29 is 23.6 Å². The zero-order valence-electron chi connectivity index (χ0n) is 13.7. The molecule has 0 atom stereocenters. The van der Waals surface area contributed by atoms with E-state index in [0.29, 0.717) is 11.3 Å². The van der Waals surface area contributed by atoms with Crippen molar-refractivity contribution >= 4 is 17.5 Å². The van der Waals surface area contributed by atoms with Crippen LogP contribution in [0.3, 0.4) is 0 Å². The summed E-state index contributed by atoms with van der Waals surface area (Å²) >= 11 is 0. The molecule has 0 radical (unpaired) electrons. The molecule has 0 bridgehead atoms. The van der Waals surface area contributed by atoms with Gasteiger partial charge in [-0.2, -0.15) is 0 Å². The van der Waals surface area contributed by atoms with Crippen LogP contribution in [0.5, 0.6) is 5.75 Å². The summed E-state index contributed by atoms with van der Waals surface area (Å²) in [5, 5.41) is 13.6. The van der Waals surface area contributed by atoms with Gasteiger partial charge in [-0.15, -0.1) is 0 Å². The van der Waals surface area contributed by atoms with Crippen LogP contribution in [0.25, 0.3) is 0 Å². The summed E-state index contributed by atoms with van der Waals surface area (Å²) in [6.45, 7) is 3.67. The Labute approximate surface area is 143 Å². The van der Waals surface area contributed by atoms with E-state index in [4.69, 9.17) is 9.47 Å². The molecule has 132 valence electrons. The topological polar surface area (TPSA) is 90.7 Å². The highest BCUT2D eigenvalue weighted by atomic mass is 19.1. The van der Waals surface area contributed by atoms with E-state index in [-0.39, 0.29) is 24.1 Å². The predicted molar refractivity (Wildman–Crippen MR) is 89.1 cm³/mol. The van der Waals surface area contributed by atoms with E-state index in [9.17, 15) is 19.3 Å². The number of hydrogen-bond acceptors (Lipinski definition) is 6. The van der Waals surface area contributed by atoms with Crippen LogP contribution in [0.1, 0.15) is 19.4 Å². The van der Waals surface area contributed by atoms with Gasteiger partial charge in [-0.05, 0) is 49.7 Å². The summed E-state index contributed by atoms with van der Waals surface area (Å²) in [7, 11) is 0. The van der Waals surface area contributed by atoms with E-state index < -0.39 is 16.9 Å². The lowest BCUT2D eigenvalue weighted by Crippen LogP contribution is -2.12. The zero-order chi connectivity index (χ0) is 18.4. The van der Waals surface area contributed by atoms with Gasteiger partial charge in [0.15, 0.2) is 0 Å². The highest BCUT2D eigenvalue weighted by Gasteiger charge is 2.10. The number of nitro groups is 1. The maximum atomic E-state index is 13.6. The molecule has 2 aromatic carbocycles. The number of nitrogens with zero attached hydrogens (tertiary/aromatic N) is 1. The number of nitrogens with one attached hydrogen (secondary N) is 1. The van der Waals surface area contributed by atoms with Gasteiger partial charge in [0.25, 0.3) is 5.69 Å². The summed E-state index contributed by atoms with van der Waals surface area (Å²) in [6, 6.07) is 9.38. The number of carbonyl (C=O) groups is 1. The van der Waals surface area contributed by atoms with E-state index in [0.717, 1.165) is 0 Å². The van der Waals surface area contributed by atoms with Crippen molar-refractivity contribution in [1.29, 1.82) is 0 Å². The molecule has 7 nitrogen and oxygen atoms in total. The van der Waals surface area contributed by atoms with Crippen molar-refractivity contribution in [2.24, 2.45) is 0 Å². The first kappa shape index (κ1) is 18.2. The van der Waals surface area contributed by atoms with Gasteiger partial charge in [0.1, 0.15) is 18.2 Å².